The van der Waals surface area contributed by atoms with Crippen LogP contribution in [0.15, 0.2) is 5.38 Å². The lowest BCUT2D eigenvalue weighted by atomic mass is 10.2. The van der Waals surface area contributed by atoms with Gasteiger partial charge in [-0.25, -0.2) is 9.97 Å². The Kier molecular flexibility index (Phi) is 4.04. The van der Waals surface area contributed by atoms with E-state index in [4.69, 9.17) is 0 Å². The Morgan fingerprint density at radius 1 is 1.36 bits per heavy atom. The van der Waals surface area contributed by atoms with E-state index in [1.165, 1.54) is 28.1 Å². The molecule has 0 fully saturated rings. The summed E-state index contributed by atoms with van der Waals surface area (Å²) in [5, 5.41) is 8.28. The molecule has 3 heterocycles. The monoisotopic (exact) mass is 348 g/mol. The largest absolute Gasteiger partial charge is 0.394 e. The first kappa shape index (κ1) is 15.2. The van der Waals surface area contributed by atoms with Crippen LogP contribution in [0.2, 0.25) is 0 Å². The minimum Gasteiger partial charge on any atom is -0.355 e. The lowest BCUT2D eigenvalue weighted by molar-refractivity contribution is -0.127. The fourth-order valence-corrected chi connectivity index (χ4v) is 3.67. The zero-order chi connectivity index (χ0) is 15.7. The molecule has 0 atom stereocenters. The van der Waals surface area contributed by atoms with Crippen molar-refractivity contribution in [3.63, 3.8) is 0 Å². The lowest BCUT2D eigenvalue weighted by Gasteiger charge is -2.09. The van der Waals surface area contributed by atoms with E-state index >= 15 is 0 Å². The summed E-state index contributed by atoms with van der Waals surface area (Å²) in [6, 6.07) is 0. The van der Waals surface area contributed by atoms with Crippen LogP contribution in [-0.4, -0.2) is 28.6 Å². The molecule has 3 rings (SSSR count). The summed E-state index contributed by atoms with van der Waals surface area (Å²) in [6.07, 6.45) is -4.58. The highest BCUT2D eigenvalue weighted by Gasteiger charge is 2.29. The second-order valence-corrected chi connectivity index (χ2v) is 6.62. The summed E-state index contributed by atoms with van der Waals surface area (Å²) >= 11 is 2.41. The van der Waals surface area contributed by atoms with Gasteiger partial charge in [-0.1, -0.05) is 11.3 Å². The third-order valence-electron chi connectivity index (χ3n) is 2.92. The predicted octanol–water partition coefficient (Wildman–Crippen LogP) is 2.60. The van der Waals surface area contributed by atoms with Gasteiger partial charge in [0.1, 0.15) is 9.88 Å². The Morgan fingerprint density at radius 3 is 2.91 bits per heavy atom. The number of hydrogen-bond acceptors (Lipinski definition) is 6. The maximum absolute atomic E-state index is 12.3. The van der Waals surface area contributed by atoms with Gasteiger partial charge in [0.05, 0.1) is 24.4 Å². The number of carbonyl (C=O) groups is 1. The quantitative estimate of drug-likeness (QED) is 0.891. The van der Waals surface area contributed by atoms with Crippen LogP contribution in [0, 0.1) is 0 Å². The van der Waals surface area contributed by atoms with Gasteiger partial charge < -0.3 is 10.6 Å². The van der Waals surface area contributed by atoms with Crippen LogP contribution >= 0.6 is 22.7 Å². The van der Waals surface area contributed by atoms with Crippen molar-refractivity contribution in [2.24, 2.45) is 0 Å². The summed E-state index contributed by atoms with van der Waals surface area (Å²) in [4.78, 5) is 20.5. The van der Waals surface area contributed by atoms with E-state index in [9.17, 15) is 18.0 Å². The molecule has 1 aliphatic rings. The van der Waals surface area contributed by atoms with E-state index in [0.29, 0.717) is 28.0 Å². The number of rotatable bonds is 4. The van der Waals surface area contributed by atoms with E-state index in [2.05, 4.69) is 20.6 Å². The van der Waals surface area contributed by atoms with Gasteiger partial charge >= 0.3 is 6.18 Å². The minimum atomic E-state index is -4.25. The zero-order valence-corrected chi connectivity index (χ0v) is 12.8. The highest BCUT2D eigenvalue weighted by atomic mass is 32.1. The van der Waals surface area contributed by atoms with Crippen molar-refractivity contribution in [3.8, 4) is 0 Å². The van der Waals surface area contributed by atoms with Crippen LogP contribution in [0.25, 0.3) is 0 Å². The Bertz CT molecular complexity index is 695. The van der Waals surface area contributed by atoms with Crippen molar-refractivity contribution >= 4 is 33.7 Å². The van der Waals surface area contributed by atoms with E-state index in [1.807, 2.05) is 0 Å². The molecular formula is C12H11F3N4OS2. The van der Waals surface area contributed by atoms with Crippen molar-refractivity contribution in [1.82, 2.24) is 15.3 Å². The van der Waals surface area contributed by atoms with E-state index in [-0.39, 0.29) is 18.1 Å². The van der Waals surface area contributed by atoms with Crippen LogP contribution in [0.3, 0.4) is 0 Å². The number of halogens is 3. The molecule has 0 aromatic carbocycles. The number of fused-ring (bicyclic) bond motifs is 1. The standard InChI is InChI=1S/C12H11F3N4OS2/c13-12(14,15)3-6-5-21-8(18-6)4-17-11-19-7-1-2-16-10(20)9(7)22-11/h5H,1-4H2,(H,16,20)(H,17,19). The summed E-state index contributed by atoms with van der Waals surface area (Å²) in [5.41, 5.74) is 0.778. The molecule has 1 amide bonds. The van der Waals surface area contributed by atoms with Gasteiger partial charge in [-0.15, -0.1) is 11.3 Å². The maximum Gasteiger partial charge on any atom is 0.394 e. The summed E-state index contributed by atoms with van der Waals surface area (Å²) in [7, 11) is 0. The van der Waals surface area contributed by atoms with Crippen LogP contribution < -0.4 is 10.6 Å². The number of aromatic nitrogens is 2. The molecule has 0 aliphatic carbocycles. The first-order valence-corrected chi connectivity index (χ1v) is 8.12. The van der Waals surface area contributed by atoms with Gasteiger partial charge in [0.25, 0.3) is 5.91 Å². The van der Waals surface area contributed by atoms with Gasteiger partial charge in [0.2, 0.25) is 0 Å². The molecule has 2 aromatic heterocycles. The molecule has 22 heavy (non-hydrogen) atoms. The lowest BCUT2D eigenvalue weighted by Crippen LogP contribution is -2.30. The maximum atomic E-state index is 12.3. The van der Waals surface area contributed by atoms with E-state index in [1.54, 1.807) is 0 Å². The fraction of sp³-hybridized carbons (Fsp3) is 0.417. The van der Waals surface area contributed by atoms with Gasteiger partial charge in [-0.3, -0.25) is 4.79 Å². The second-order valence-electron chi connectivity index (χ2n) is 4.68. The Hall–Kier alpha value is -1.68. The van der Waals surface area contributed by atoms with Crippen LogP contribution in [0.1, 0.15) is 26.1 Å². The van der Waals surface area contributed by atoms with E-state index < -0.39 is 12.6 Å². The molecule has 0 saturated heterocycles. The first-order valence-electron chi connectivity index (χ1n) is 6.42. The number of thiazole rings is 2. The number of carbonyl (C=O) groups excluding carboxylic acids is 1. The molecule has 10 heteroatoms. The normalized spacial score (nSPS) is 14.6. The molecular weight excluding hydrogens is 337 g/mol. The molecule has 0 radical (unpaired) electrons. The number of alkyl halides is 3. The first-order chi connectivity index (χ1) is 10.4. The molecule has 0 spiro atoms. The van der Waals surface area contributed by atoms with Gasteiger partial charge in [-0.05, 0) is 0 Å². The van der Waals surface area contributed by atoms with Gasteiger partial charge in [-0.2, -0.15) is 13.2 Å². The highest BCUT2D eigenvalue weighted by molar-refractivity contribution is 7.17. The molecule has 2 aromatic rings. The predicted molar refractivity (Wildman–Crippen MR) is 77.4 cm³/mol. The SMILES string of the molecule is O=C1NCCc2nc(NCc3nc(CC(F)(F)F)cs3)sc21. The second kappa shape index (κ2) is 5.84. The van der Waals surface area contributed by atoms with Crippen LogP contribution in [0.5, 0.6) is 0 Å². The Morgan fingerprint density at radius 2 is 2.18 bits per heavy atom. The molecule has 0 bridgehead atoms. The summed E-state index contributed by atoms with van der Waals surface area (Å²) in [5.74, 6) is -0.131. The average molecular weight is 348 g/mol. The molecule has 5 nitrogen and oxygen atoms in total. The third-order valence-corrected chi connectivity index (χ3v) is 4.87. The smallest absolute Gasteiger partial charge is 0.355 e. The number of anilines is 1. The number of nitrogens with zero attached hydrogens (tertiary/aromatic N) is 2. The number of hydrogen-bond donors (Lipinski definition) is 2. The Labute approximate surface area is 131 Å². The van der Waals surface area contributed by atoms with E-state index in [0.717, 1.165) is 5.69 Å². The van der Waals surface area contributed by atoms with Crippen molar-refractivity contribution in [2.45, 2.75) is 25.6 Å². The van der Waals surface area contributed by atoms with Crippen molar-refractivity contribution < 1.29 is 18.0 Å². The van der Waals surface area contributed by atoms with Crippen molar-refractivity contribution in [2.75, 3.05) is 11.9 Å². The minimum absolute atomic E-state index is 0.0205. The number of nitrogens with one attached hydrogen (secondary N) is 2. The summed E-state index contributed by atoms with van der Waals surface area (Å²) < 4.78 is 36.8. The third kappa shape index (κ3) is 3.55. The van der Waals surface area contributed by atoms with Gasteiger partial charge in [0.15, 0.2) is 5.13 Å². The van der Waals surface area contributed by atoms with Crippen molar-refractivity contribution in [1.29, 1.82) is 0 Å². The molecule has 1 aliphatic heterocycles. The topological polar surface area (TPSA) is 66.9 Å². The van der Waals surface area contributed by atoms with Crippen LogP contribution in [-0.2, 0) is 19.4 Å². The van der Waals surface area contributed by atoms with Crippen molar-refractivity contribution in [3.05, 3.63) is 26.7 Å². The average Bonchev–Trinajstić information content (AvgIpc) is 3.01. The zero-order valence-electron chi connectivity index (χ0n) is 11.2. The molecule has 0 unspecified atom stereocenters. The fourth-order valence-electron chi connectivity index (χ4n) is 2.02. The highest BCUT2D eigenvalue weighted by Crippen LogP contribution is 2.26. The molecule has 0 saturated carbocycles. The van der Waals surface area contributed by atoms with Crippen LogP contribution in [0.4, 0.5) is 18.3 Å². The molecule has 118 valence electrons. The Balaban J connectivity index is 1.62. The number of amides is 1. The summed E-state index contributed by atoms with van der Waals surface area (Å²) in [6.45, 7) is 0.860. The van der Waals surface area contributed by atoms with Gasteiger partial charge in [0, 0.05) is 18.3 Å². The molecule has 2 N–H and O–H groups in total.